The van der Waals surface area contributed by atoms with Crippen molar-refractivity contribution in [3.8, 4) is 12.1 Å². The molecule has 0 aliphatic carbocycles. The second-order valence-corrected chi connectivity index (χ2v) is 5.90. The van der Waals surface area contributed by atoms with E-state index in [1.54, 1.807) is 18.2 Å². The zero-order valence-electron chi connectivity index (χ0n) is 12.7. The number of nitrogens with zero attached hydrogens (tertiary/aromatic N) is 3. The van der Waals surface area contributed by atoms with E-state index in [0.29, 0.717) is 29.9 Å². The van der Waals surface area contributed by atoms with Gasteiger partial charge in [0, 0.05) is 18.5 Å². The van der Waals surface area contributed by atoms with Crippen molar-refractivity contribution < 1.29 is 5.11 Å². The summed E-state index contributed by atoms with van der Waals surface area (Å²) >= 11 is 0. The summed E-state index contributed by atoms with van der Waals surface area (Å²) in [5.41, 5.74) is 2.44. The predicted octanol–water partition coefficient (Wildman–Crippen LogP) is 2.57. The van der Waals surface area contributed by atoms with Crippen LogP contribution in [0.5, 0.6) is 0 Å². The molecule has 114 valence electrons. The van der Waals surface area contributed by atoms with Gasteiger partial charge in [-0.3, -0.25) is 0 Å². The number of nitriles is 2. The maximum absolute atomic E-state index is 10.0. The average molecular weight is 303 g/mol. The van der Waals surface area contributed by atoms with Crippen LogP contribution in [0.4, 0.5) is 5.69 Å². The zero-order chi connectivity index (χ0) is 16.3. The van der Waals surface area contributed by atoms with Gasteiger partial charge < -0.3 is 10.0 Å². The number of hydrogen-bond donors (Lipinski definition) is 1. The van der Waals surface area contributed by atoms with Crippen LogP contribution >= 0.6 is 0 Å². The molecule has 0 aromatic heterocycles. The smallest absolute Gasteiger partial charge is 0.101 e. The molecular weight excluding hydrogens is 286 g/mol. The average Bonchev–Trinajstić information content (AvgIpc) is 3.07. The third-order valence-corrected chi connectivity index (χ3v) is 4.64. The minimum Gasteiger partial charge on any atom is -0.395 e. The Labute approximate surface area is 135 Å². The highest BCUT2D eigenvalue weighted by Crippen LogP contribution is 2.38. The predicted molar refractivity (Wildman–Crippen MR) is 87.9 cm³/mol. The van der Waals surface area contributed by atoms with Gasteiger partial charge in [-0.2, -0.15) is 10.5 Å². The van der Waals surface area contributed by atoms with Gasteiger partial charge in [0.25, 0.3) is 0 Å². The first-order valence-corrected chi connectivity index (χ1v) is 7.58. The van der Waals surface area contributed by atoms with Crippen molar-refractivity contribution in [2.45, 2.75) is 11.8 Å². The van der Waals surface area contributed by atoms with Gasteiger partial charge in [-0.25, -0.2) is 0 Å². The Morgan fingerprint density at radius 3 is 2.22 bits per heavy atom. The second-order valence-electron chi connectivity index (χ2n) is 5.90. The Hall–Kier alpha value is -2.82. The number of benzene rings is 2. The third-order valence-electron chi connectivity index (χ3n) is 4.64. The SMILES string of the molecule is N#Cc1cccc(C#N)c1N1CCC(CO)(c2ccccc2)C1. The molecule has 1 heterocycles. The number of rotatable bonds is 3. The number of anilines is 1. The topological polar surface area (TPSA) is 71.0 Å². The van der Waals surface area contributed by atoms with Gasteiger partial charge in [0.2, 0.25) is 0 Å². The highest BCUT2D eigenvalue weighted by atomic mass is 16.3. The van der Waals surface area contributed by atoms with Crippen molar-refractivity contribution in [1.82, 2.24) is 0 Å². The van der Waals surface area contributed by atoms with Crippen LogP contribution in [0, 0.1) is 22.7 Å². The van der Waals surface area contributed by atoms with E-state index < -0.39 is 0 Å². The molecule has 3 rings (SSSR count). The van der Waals surface area contributed by atoms with Crippen LogP contribution in [-0.2, 0) is 5.41 Å². The molecule has 0 bridgehead atoms. The summed E-state index contributed by atoms with van der Waals surface area (Å²) in [6, 6.07) is 19.5. The molecule has 1 unspecified atom stereocenters. The third kappa shape index (κ3) is 2.54. The maximum atomic E-state index is 10.0. The maximum Gasteiger partial charge on any atom is 0.101 e. The van der Waals surface area contributed by atoms with Crippen molar-refractivity contribution >= 4 is 5.69 Å². The number of aliphatic hydroxyl groups excluding tert-OH is 1. The first kappa shape index (κ1) is 15.1. The molecule has 0 radical (unpaired) electrons. The van der Waals surface area contributed by atoms with Crippen LogP contribution in [0.2, 0.25) is 0 Å². The minimum atomic E-state index is -0.351. The fourth-order valence-electron chi connectivity index (χ4n) is 3.38. The molecule has 2 aromatic rings. The molecule has 2 aromatic carbocycles. The minimum absolute atomic E-state index is 0.0458. The normalized spacial score (nSPS) is 20.0. The van der Waals surface area contributed by atoms with E-state index in [-0.39, 0.29) is 12.0 Å². The fourth-order valence-corrected chi connectivity index (χ4v) is 3.38. The van der Waals surface area contributed by atoms with Crippen molar-refractivity contribution in [1.29, 1.82) is 10.5 Å². The van der Waals surface area contributed by atoms with Gasteiger partial charge in [-0.05, 0) is 24.1 Å². The molecule has 0 amide bonds. The molecule has 1 fully saturated rings. The Morgan fingerprint density at radius 2 is 1.65 bits per heavy atom. The Morgan fingerprint density at radius 1 is 1.00 bits per heavy atom. The van der Waals surface area contributed by atoms with Gasteiger partial charge in [0.15, 0.2) is 0 Å². The Kier molecular flexibility index (Phi) is 4.02. The van der Waals surface area contributed by atoms with Crippen LogP contribution < -0.4 is 4.90 Å². The summed E-state index contributed by atoms with van der Waals surface area (Å²) in [4.78, 5) is 2.06. The van der Waals surface area contributed by atoms with E-state index in [2.05, 4.69) is 17.0 Å². The Bertz CT molecular complexity index is 756. The van der Waals surface area contributed by atoms with Crippen LogP contribution in [-0.4, -0.2) is 24.8 Å². The first-order chi connectivity index (χ1) is 11.2. The molecule has 0 saturated carbocycles. The monoisotopic (exact) mass is 303 g/mol. The number of hydrogen-bond acceptors (Lipinski definition) is 4. The van der Waals surface area contributed by atoms with Crippen molar-refractivity contribution in [3.63, 3.8) is 0 Å². The molecule has 1 aliphatic heterocycles. The fraction of sp³-hybridized carbons (Fsp3) is 0.263. The van der Waals surface area contributed by atoms with Crippen molar-refractivity contribution in [3.05, 3.63) is 65.2 Å². The lowest BCUT2D eigenvalue weighted by Gasteiger charge is -2.29. The lowest BCUT2D eigenvalue weighted by atomic mass is 9.80. The molecular formula is C19H17N3O. The Balaban J connectivity index is 2.01. The molecule has 1 saturated heterocycles. The lowest BCUT2D eigenvalue weighted by Crippen LogP contribution is -2.35. The number of aliphatic hydroxyl groups is 1. The summed E-state index contributed by atoms with van der Waals surface area (Å²) in [6.07, 6.45) is 0.790. The van der Waals surface area contributed by atoms with Crippen LogP contribution in [0.25, 0.3) is 0 Å². The van der Waals surface area contributed by atoms with E-state index >= 15 is 0 Å². The van der Waals surface area contributed by atoms with E-state index in [4.69, 9.17) is 0 Å². The molecule has 4 heteroatoms. The second kappa shape index (κ2) is 6.12. The van der Waals surface area contributed by atoms with E-state index in [0.717, 1.165) is 12.0 Å². The molecule has 23 heavy (non-hydrogen) atoms. The van der Waals surface area contributed by atoms with Gasteiger partial charge in [0.05, 0.1) is 23.4 Å². The van der Waals surface area contributed by atoms with Gasteiger partial charge in [-0.1, -0.05) is 36.4 Å². The molecule has 1 N–H and O–H groups in total. The summed E-state index contributed by atoms with van der Waals surface area (Å²) in [5, 5.41) is 28.8. The largest absolute Gasteiger partial charge is 0.395 e. The summed E-state index contributed by atoms with van der Waals surface area (Å²) < 4.78 is 0. The van der Waals surface area contributed by atoms with Gasteiger partial charge >= 0.3 is 0 Å². The van der Waals surface area contributed by atoms with Crippen LogP contribution in [0.1, 0.15) is 23.1 Å². The molecule has 0 spiro atoms. The summed E-state index contributed by atoms with van der Waals surface area (Å²) in [5.74, 6) is 0. The van der Waals surface area contributed by atoms with E-state index in [1.165, 1.54) is 0 Å². The zero-order valence-corrected chi connectivity index (χ0v) is 12.7. The summed E-state index contributed by atoms with van der Waals surface area (Å²) in [7, 11) is 0. The highest BCUT2D eigenvalue weighted by Gasteiger charge is 2.40. The molecule has 1 aliphatic rings. The van der Waals surface area contributed by atoms with Crippen molar-refractivity contribution in [2.75, 3.05) is 24.6 Å². The first-order valence-electron chi connectivity index (χ1n) is 7.58. The van der Waals surface area contributed by atoms with Crippen LogP contribution in [0.15, 0.2) is 48.5 Å². The lowest BCUT2D eigenvalue weighted by molar-refractivity contribution is 0.207. The highest BCUT2D eigenvalue weighted by molar-refractivity contribution is 5.69. The molecule has 1 atom stereocenters. The van der Waals surface area contributed by atoms with Gasteiger partial charge in [0.1, 0.15) is 12.1 Å². The van der Waals surface area contributed by atoms with E-state index in [1.807, 2.05) is 30.3 Å². The standard InChI is InChI=1S/C19H17N3O/c20-11-15-5-4-6-16(12-21)18(15)22-10-9-19(13-22,14-23)17-7-2-1-3-8-17/h1-8,23H,9-10,13-14H2. The van der Waals surface area contributed by atoms with Gasteiger partial charge in [-0.15, -0.1) is 0 Å². The van der Waals surface area contributed by atoms with Crippen LogP contribution in [0.3, 0.4) is 0 Å². The quantitative estimate of drug-likeness (QED) is 0.946. The number of para-hydroxylation sites is 1. The van der Waals surface area contributed by atoms with E-state index in [9.17, 15) is 15.6 Å². The molecule has 4 nitrogen and oxygen atoms in total. The summed E-state index contributed by atoms with van der Waals surface area (Å²) in [6.45, 7) is 1.35. The van der Waals surface area contributed by atoms with Crippen molar-refractivity contribution in [2.24, 2.45) is 0 Å².